The Morgan fingerprint density at radius 3 is 2.92 bits per heavy atom. The number of nitrogens with zero attached hydrogens (tertiary/aromatic N) is 4. The van der Waals surface area contributed by atoms with Crippen LogP contribution in [0.25, 0.3) is 10.9 Å². The van der Waals surface area contributed by atoms with Crippen molar-refractivity contribution in [3.63, 3.8) is 0 Å². The highest BCUT2D eigenvalue weighted by molar-refractivity contribution is 6.30. The molecule has 1 aliphatic rings. The summed E-state index contributed by atoms with van der Waals surface area (Å²) in [6.07, 6.45) is 4.62. The van der Waals surface area contributed by atoms with Gasteiger partial charge in [0.05, 0.1) is 5.39 Å². The Morgan fingerprint density at radius 2 is 2.17 bits per heavy atom. The Morgan fingerprint density at radius 1 is 1.38 bits per heavy atom. The molecule has 7 nitrogen and oxygen atoms in total. The predicted molar refractivity (Wildman–Crippen MR) is 86.4 cm³/mol. The number of halogens is 2. The number of rotatable bonds is 3. The van der Waals surface area contributed by atoms with Crippen molar-refractivity contribution in [3.05, 3.63) is 17.2 Å². The summed E-state index contributed by atoms with van der Waals surface area (Å²) in [6.45, 7) is 1.55. The van der Waals surface area contributed by atoms with Gasteiger partial charge in [-0.15, -0.1) is 0 Å². The maximum atomic E-state index is 14.3. The summed E-state index contributed by atoms with van der Waals surface area (Å²) in [5.41, 5.74) is -0.0625. The van der Waals surface area contributed by atoms with Crippen LogP contribution in [0.2, 0.25) is 5.15 Å². The van der Waals surface area contributed by atoms with Gasteiger partial charge in [0.2, 0.25) is 0 Å². The molecule has 130 valence electrons. The summed E-state index contributed by atoms with van der Waals surface area (Å²) in [5, 5.41) is 18.1. The van der Waals surface area contributed by atoms with Gasteiger partial charge in [0.25, 0.3) is 0 Å². The fourth-order valence-corrected chi connectivity index (χ4v) is 3.07. The molecule has 0 aliphatic carbocycles. The van der Waals surface area contributed by atoms with Gasteiger partial charge in [0.15, 0.2) is 11.0 Å². The standard InChI is InChI=1S/C15H18ClFN4O3/c1-8-4-2-3-5-21(7-8)13-9-6-18-12(16)10(17)11(9)19-14(20-13)24-15(22)23/h6,8,15,22-23H,2-5,7H2,1H3. The van der Waals surface area contributed by atoms with Gasteiger partial charge in [-0.05, 0) is 18.8 Å². The lowest BCUT2D eigenvalue weighted by Gasteiger charge is -2.25. The monoisotopic (exact) mass is 356 g/mol. The minimum absolute atomic E-state index is 0.0625. The molecule has 2 aromatic heterocycles. The Kier molecular flexibility index (Phi) is 4.98. The fraction of sp³-hybridized carbons (Fsp3) is 0.533. The van der Waals surface area contributed by atoms with Crippen LogP contribution in [0, 0.1) is 11.7 Å². The smallest absolute Gasteiger partial charge is 0.323 e. The van der Waals surface area contributed by atoms with Crippen LogP contribution in [-0.2, 0) is 0 Å². The van der Waals surface area contributed by atoms with Gasteiger partial charge in [-0.25, -0.2) is 9.37 Å². The third-order valence-electron chi connectivity index (χ3n) is 4.02. The number of anilines is 1. The van der Waals surface area contributed by atoms with Gasteiger partial charge in [-0.2, -0.15) is 9.97 Å². The molecule has 0 saturated carbocycles. The van der Waals surface area contributed by atoms with E-state index < -0.39 is 12.3 Å². The molecule has 1 unspecified atom stereocenters. The van der Waals surface area contributed by atoms with Gasteiger partial charge >= 0.3 is 12.5 Å². The highest BCUT2D eigenvalue weighted by atomic mass is 35.5. The topological polar surface area (TPSA) is 91.6 Å². The van der Waals surface area contributed by atoms with Crippen molar-refractivity contribution in [1.82, 2.24) is 15.0 Å². The zero-order valence-corrected chi connectivity index (χ0v) is 13.9. The lowest BCUT2D eigenvalue weighted by molar-refractivity contribution is -0.183. The predicted octanol–water partition coefficient (Wildman–Crippen LogP) is 2.09. The van der Waals surface area contributed by atoms with E-state index in [1.54, 1.807) is 0 Å². The largest absolute Gasteiger partial charge is 0.408 e. The summed E-state index contributed by atoms with van der Waals surface area (Å²) in [7, 11) is 0. The van der Waals surface area contributed by atoms with Gasteiger partial charge in [-0.1, -0.05) is 24.9 Å². The van der Waals surface area contributed by atoms with E-state index >= 15 is 0 Å². The molecule has 2 aromatic rings. The summed E-state index contributed by atoms with van der Waals surface area (Å²) in [6, 6.07) is -0.328. The first-order valence-corrected chi connectivity index (χ1v) is 8.13. The van der Waals surface area contributed by atoms with Crippen molar-refractivity contribution >= 4 is 28.3 Å². The quantitative estimate of drug-likeness (QED) is 0.642. The Labute approximate surface area is 143 Å². The fourth-order valence-electron chi connectivity index (χ4n) is 2.93. The first-order valence-electron chi connectivity index (χ1n) is 7.75. The highest BCUT2D eigenvalue weighted by Crippen LogP contribution is 2.31. The normalized spacial score (nSPS) is 18.9. The van der Waals surface area contributed by atoms with E-state index in [0.717, 1.165) is 32.4 Å². The highest BCUT2D eigenvalue weighted by Gasteiger charge is 2.23. The average molecular weight is 357 g/mol. The number of aromatic nitrogens is 3. The first-order chi connectivity index (χ1) is 11.5. The van der Waals surface area contributed by atoms with E-state index in [-0.39, 0.29) is 16.7 Å². The number of ether oxygens (including phenoxy) is 1. The maximum absolute atomic E-state index is 14.3. The van der Waals surface area contributed by atoms with Gasteiger partial charge < -0.3 is 19.8 Å². The molecule has 24 heavy (non-hydrogen) atoms. The molecule has 0 aromatic carbocycles. The summed E-state index contributed by atoms with van der Waals surface area (Å²) >= 11 is 5.73. The second-order valence-corrected chi connectivity index (χ2v) is 6.30. The lowest BCUT2D eigenvalue weighted by atomic mass is 10.1. The van der Waals surface area contributed by atoms with E-state index in [1.165, 1.54) is 6.20 Å². The summed E-state index contributed by atoms with van der Waals surface area (Å²) < 4.78 is 19.1. The second-order valence-electron chi connectivity index (χ2n) is 5.95. The van der Waals surface area contributed by atoms with Crippen LogP contribution in [-0.4, -0.2) is 44.7 Å². The molecule has 1 fully saturated rings. The van der Waals surface area contributed by atoms with Crippen LogP contribution in [0.1, 0.15) is 26.2 Å². The molecule has 1 atom stereocenters. The number of fused-ring (bicyclic) bond motifs is 1. The van der Waals surface area contributed by atoms with E-state index in [4.69, 9.17) is 26.6 Å². The van der Waals surface area contributed by atoms with Crippen LogP contribution in [0.3, 0.4) is 0 Å². The lowest BCUT2D eigenvalue weighted by Crippen LogP contribution is -2.29. The van der Waals surface area contributed by atoms with E-state index in [0.29, 0.717) is 17.1 Å². The Bertz CT molecular complexity index is 746. The van der Waals surface area contributed by atoms with Crippen LogP contribution in [0.15, 0.2) is 6.20 Å². The van der Waals surface area contributed by atoms with Crippen LogP contribution < -0.4 is 9.64 Å². The molecule has 1 aliphatic heterocycles. The second kappa shape index (κ2) is 7.00. The number of hydrogen-bond donors (Lipinski definition) is 2. The van der Waals surface area contributed by atoms with Crippen LogP contribution >= 0.6 is 11.6 Å². The molecule has 2 N–H and O–H groups in total. The molecule has 0 radical (unpaired) electrons. The molecular weight excluding hydrogens is 339 g/mol. The summed E-state index contributed by atoms with van der Waals surface area (Å²) in [4.78, 5) is 14.0. The first kappa shape index (κ1) is 17.1. The molecule has 0 bridgehead atoms. The van der Waals surface area contributed by atoms with Crippen molar-refractivity contribution < 1.29 is 19.3 Å². The number of aliphatic hydroxyl groups is 2. The van der Waals surface area contributed by atoms with E-state index in [1.807, 2.05) is 4.90 Å². The SMILES string of the molecule is CC1CCCCN(c2nc(OC(O)O)nc3c(F)c(Cl)ncc23)C1. The van der Waals surface area contributed by atoms with Gasteiger partial charge in [-0.3, -0.25) is 0 Å². The van der Waals surface area contributed by atoms with E-state index in [9.17, 15) is 4.39 Å². The number of hydrogen-bond acceptors (Lipinski definition) is 7. The maximum Gasteiger partial charge on any atom is 0.323 e. The summed E-state index contributed by atoms with van der Waals surface area (Å²) in [5.74, 6) is 0.112. The van der Waals surface area contributed by atoms with Crippen molar-refractivity contribution in [2.75, 3.05) is 18.0 Å². The van der Waals surface area contributed by atoms with Crippen LogP contribution in [0.4, 0.5) is 10.2 Å². The molecular formula is C15H18ClFN4O3. The van der Waals surface area contributed by atoms with Crippen molar-refractivity contribution in [3.8, 4) is 6.01 Å². The molecule has 0 amide bonds. The van der Waals surface area contributed by atoms with Crippen molar-refractivity contribution in [2.24, 2.45) is 5.92 Å². The molecule has 3 heterocycles. The molecule has 0 spiro atoms. The van der Waals surface area contributed by atoms with E-state index in [2.05, 4.69) is 21.9 Å². The third kappa shape index (κ3) is 3.50. The van der Waals surface area contributed by atoms with Gasteiger partial charge in [0, 0.05) is 19.3 Å². The molecule has 1 saturated heterocycles. The number of aliphatic hydroxyl groups excluding tert-OH is 1. The Balaban J connectivity index is 2.14. The molecule has 3 rings (SSSR count). The minimum Gasteiger partial charge on any atom is -0.408 e. The number of pyridine rings is 1. The van der Waals surface area contributed by atoms with Gasteiger partial charge in [0.1, 0.15) is 11.3 Å². The Hall–Kier alpha value is -1.77. The minimum atomic E-state index is -2.10. The van der Waals surface area contributed by atoms with Crippen LogP contribution in [0.5, 0.6) is 6.01 Å². The third-order valence-corrected chi connectivity index (χ3v) is 4.28. The average Bonchev–Trinajstić information content (AvgIpc) is 2.74. The zero-order chi connectivity index (χ0) is 17.3. The molecule has 9 heteroatoms. The zero-order valence-electron chi connectivity index (χ0n) is 13.1. The van der Waals surface area contributed by atoms with Crippen molar-refractivity contribution in [1.29, 1.82) is 0 Å². The van der Waals surface area contributed by atoms with Crippen molar-refractivity contribution in [2.45, 2.75) is 32.7 Å².